The molecule has 3 heterocycles. The molecule has 0 atom stereocenters. The van der Waals surface area contributed by atoms with Gasteiger partial charge in [0.05, 0.1) is 30.4 Å². The van der Waals surface area contributed by atoms with Crippen molar-refractivity contribution in [1.82, 2.24) is 30.0 Å². The van der Waals surface area contributed by atoms with Gasteiger partial charge in [-0.3, -0.25) is 4.79 Å². The van der Waals surface area contributed by atoms with Crippen LogP contribution < -0.4 is 10.1 Å². The quantitative estimate of drug-likeness (QED) is 0.774. The molecule has 1 N–H and O–H groups in total. The number of carbonyl (C=O) groups excluding carboxylic acids is 1. The maximum absolute atomic E-state index is 12.5. The fourth-order valence-electron chi connectivity index (χ4n) is 2.34. The van der Waals surface area contributed by atoms with E-state index in [0.29, 0.717) is 28.6 Å². The standard InChI is InChI=1S/C18H20N6O2/c1-18(2,3)22-17(25)14-9-15(13-7-8-19-11-21-13)24(23-14)12-5-6-16(26-4)20-10-12/h5-11H,1-4H3,(H,22,25). The predicted molar refractivity (Wildman–Crippen MR) is 96.2 cm³/mol. The number of nitrogens with one attached hydrogen (secondary N) is 1. The highest BCUT2D eigenvalue weighted by atomic mass is 16.5. The zero-order valence-electron chi connectivity index (χ0n) is 15.1. The number of nitrogens with zero attached hydrogens (tertiary/aromatic N) is 5. The molecule has 8 heteroatoms. The summed E-state index contributed by atoms with van der Waals surface area (Å²) in [7, 11) is 1.55. The van der Waals surface area contributed by atoms with E-state index in [1.165, 1.54) is 6.33 Å². The zero-order chi connectivity index (χ0) is 18.7. The largest absolute Gasteiger partial charge is 0.481 e. The Bertz CT molecular complexity index is 898. The Kier molecular flexibility index (Phi) is 4.66. The number of carbonyl (C=O) groups is 1. The van der Waals surface area contributed by atoms with Crippen molar-refractivity contribution >= 4 is 5.91 Å². The molecule has 0 aliphatic heterocycles. The molecule has 0 saturated heterocycles. The first-order valence-corrected chi connectivity index (χ1v) is 8.07. The van der Waals surface area contributed by atoms with Crippen molar-refractivity contribution in [3.63, 3.8) is 0 Å². The molecule has 3 aromatic heterocycles. The van der Waals surface area contributed by atoms with Crippen molar-refractivity contribution in [1.29, 1.82) is 0 Å². The lowest BCUT2D eigenvalue weighted by molar-refractivity contribution is 0.0914. The van der Waals surface area contributed by atoms with Crippen LogP contribution in [0.4, 0.5) is 0 Å². The molecule has 134 valence electrons. The summed E-state index contributed by atoms with van der Waals surface area (Å²) in [5, 5.41) is 7.37. The maximum atomic E-state index is 12.5. The first-order valence-electron chi connectivity index (χ1n) is 8.07. The third-order valence-corrected chi connectivity index (χ3v) is 3.45. The SMILES string of the molecule is COc1ccc(-n2nc(C(=O)NC(C)(C)C)cc2-c2ccncn2)cn1. The minimum absolute atomic E-state index is 0.256. The summed E-state index contributed by atoms with van der Waals surface area (Å²) >= 11 is 0. The van der Waals surface area contributed by atoms with Crippen LogP contribution in [-0.2, 0) is 0 Å². The minimum atomic E-state index is -0.363. The Morgan fingerprint density at radius 2 is 2.00 bits per heavy atom. The van der Waals surface area contributed by atoms with E-state index in [0.717, 1.165) is 0 Å². The Balaban J connectivity index is 2.07. The molecule has 0 aliphatic rings. The van der Waals surface area contributed by atoms with E-state index in [2.05, 4.69) is 25.4 Å². The van der Waals surface area contributed by atoms with Crippen LogP contribution in [0.3, 0.4) is 0 Å². The van der Waals surface area contributed by atoms with Crippen LogP contribution in [0.2, 0.25) is 0 Å². The van der Waals surface area contributed by atoms with E-state index in [1.54, 1.807) is 42.4 Å². The van der Waals surface area contributed by atoms with E-state index in [9.17, 15) is 4.79 Å². The molecule has 0 fully saturated rings. The molecule has 26 heavy (non-hydrogen) atoms. The number of ether oxygens (including phenoxy) is 1. The molecule has 0 bridgehead atoms. The van der Waals surface area contributed by atoms with Crippen LogP contribution in [-0.4, -0.2) is 43.3 Å². The number of hydrogen-bond acceptors (Lipinski definition) is 6. The van der Waals surface area contributed by atoms with Crippen LogP contribution in [0.15, 0.2) is 43.0 Å². The molecule has 1 amide bonds. The molecular formula is C18H20N6O2. The Morgan fingerprint density at radius 3 is 2.58 bits per heavy atom. The Hall–Kier alpha value is -3.29. The van der Waals surface area contributed by atoms with Crippen molar-refractivity contribution in [2.45, 2.75) is 26.3 Å². The predicted octanol–water partition coefficient (Wildman–Crippen LogP) is 2.26. The molecule has 0 aromatic carbocycles. The second-order valence-electron chi connectivity index (χ2n) is 6.68. The lowest BCUT2D eigenvalue weighted by Gasteiger charge is -2.19. The molecule has 0 aliphatic carbocycles. The third-order valence-electron chi connectivity index (χ3n) is 3.45. The summed E-state index contributed by atoms with van der Waals surface area (Å²) in [4.78, 5) is 24.9. The van der Waals surface area contributed by atoms with Gasteiger partial charge in [0.1, 0.15) is 6.33 Å². The number of pyridine rings is 1. The number of methoxy groups -OCH3 is 1. The van der Waals surface area contributed by atoms with Gasteiger partial charge in [-0.1, -0.05) is 0 Å². The summed E-state index contributed by atoms with van der Waals surface area (Å²) in [6, 6.07) is 7.01. The average molecular weight is 352 g/mol. The van der Waals surface area contributed by atoms with E-state index < -0.39 is 0 Å². The summed E-state index contributed by atoms with van der Waals surface area (Å²) < 4.78 is 6.72. The first kappa shape index (κ1) is 17.5. The van der Waals surface area contributed by atoms with E-state index in [4.69, 9.17) is 4.74 Å². The van der Waals surface area contributed by atoms with Gasteiger partial charge in [-0.25, -0.2) is 19.6 Å². The van der Waals surface area contributed by atoms with E-state index in [1.807, 2.05) is 26.8 Å². The van der Waals surface area contributed by atoms with Gasteiger partial charge in [-0.2, -0.15) is 5.10 Å². The van der Waals surface area contributed by atoms with Crippen LogP contribution >= 0.6 is 0 Å². The van der Waals surface area contributed by atoms with Crippen molar-refractivity contribution in [3.05, 3.63) is 48.7 Å². The second-order valence-corrected chi connectivity index (χ2v) is 6.68. The highest BCUT2D eigenvalue weighted by Gasteiger charge is 2.21. The molecule has 3 aromatic rings. The molecule has 0 spiro atoms. The van der Waals surface area contributed by atoms with Gasteiger partial charge in [0.2, 0.25) is 5.88 Å². The topological polar surface area (TPSA) is 94.8 Å². The van der Waals surface area contributed by atoms with E-state index in [-0.39, 0.29) is 11.4 Å². The first-order chi connectivity index (χ1) is 12.4. The molecule has 3 rings (SSSR count). The highest BCUT2D eigenvalue weighted by Crippen LogP contribution is 2.23. The molecule has 0 radical (unpaired) electrons. The summed E-state index contributed by atoms with van der Waals surface area (Å²) in [6.45, 7) is 5.75. The Labute approximate surface area is 151 Å². The molecule has 0 saturated carbocycles. The van der Waals surface area contributed by atoms with Gasteiger partial charge in [0, 0.05) is 17.8 Å². The van der Waals surface area contributed by atoms with Gasteiger partial charge in [0.15, 0.2) is 5.69 Å². The van der Waals surface area contributed by atoms with Crippen molar-refractivity contribution < 1.29 is 9.53 Å². The zero-order valence-corrected chi connectivity index (χ0v) is 15.1. The molecule has 0 unspecified atom stereocenters. The van der Waals surface area contributed by atoms with Gasteiger partial charge in [-0.05, 0) is 39.0 Å². The highest BCUT2D eigenvalue weighted by molar-refractivity contribution is 5.94. The normalized spacial score (nSPS) is 11.2. The summed E-state index contributed by atoms with van der Waals surface area (Å²) in [6.07, 6.45) is 4.72. The van der Waals surface area contributed by atoms with Crippen LogP contribution in [0.1, 0.15) is 31.3 Å². The van der Waals surface area contributed by atoms with E-state index >= 15 is 0 Å². The van der Waals surface area contributed by atoms with Crippen LogP contribution in [0.25, 0.3) is 17.1 Å². The van der Waals surface area contributed by atoms with Gasteiger partial charge in [0.25, 0.3) is 5.91 Å². The molecule has 8 nitrogen and oxygen atoms in total. The second kappa shape index (κ2) is 6.91. The fraction of sp³-hybridized carbons (Fsp3) is 0.278. The minimum Gasteiger partial charge on any atom is -0.481 e. The lowest BCUT2D eigenvalue weighted by Crippen LogP contribution is -2.40. The number of aromatic nitrogens is 5. The smallest absolute Gasteiger partial charge is 0.272 e. The number of rotatable bonds is 4. The summed E-state index contributed by atoms with van der Waals surface area (Å²) in [5.41, 5.74) is 1.94. The molecular weight excluding hydrogens is 332 g/mol. The third kappa shape index (κ3) is 3.85. The maximum Gasteiger partial charge on any atom is 0.272 e. The number of amides is 1. The number of hydrogen-bond donors (Lipinski definition) is 1. The van der Waals surface area contributed by atoms with Crippen molar-refractivity contribution in [2.24, 2.45) is 0 Å². The van der Waals surface area contributed by atoms with Gasteiger partial charge in [-0.15, -0.1) is 0 Å². The summed E-state index contributed by atoms with van der Waals surface area (Å²) in [5.74, 6) is 0.239. The van der Waals surface area contributed by atoms with Crippen LogP contribution in [0.5, 0.6) is 5.88 Å². The van der Waals surface area contributed by atoms with Crippen LogP contribution in [0, 0.1) is 0 Å². The monoisotopic (exact) mass is 352 g/mol. The fourth-order valence-corrected chi connectivity index (χ4v) is 2.34. The van der Waals surface area contributed by atoms with Crippen molar-refractivity contribution in [2.75, 3.05) is 7.11 Å². The average Bonchev–Trinajstić information content (AvgIpc) is 3.07. The van der Waals surface area contributed by atoms with Gasteiger partial charge >= 0.3 is 0 Å². The Morgan fingerprint density at radius 1 is 1.19 bits per heavy atom. The lowest BCUT2D eigenvalue weighted by atomic mass is 10.1. The van der Waals surface area contributed by atoms with Crippen molar-refractivity contribution in [3.8, 4) is 23.0 Å². The van der Waals surface area contributed by atoms with Gasteiger partial charge < -0.3 is 10.1 Å².